The van der Waals surface area contributed by atoms with Crippen molar-refractivity contribution in [2.45, 2.75) is 25.1 Å². The molecule has 78 valence electrons. The predicted octanol–water partition coefficient (Wildman–Crippen LogP) is 2.86. The van der Waals surface area contributed by atoms with Crippen LogP contribution in [0, 0.1) is 5.92 Å². The number of halogens is 3. The lowest BCUT2D eigenvalue weighted by atomic mass is 10.1. The second-order valence-corrected chi connectivity index (χ2v) is 4.54. The van der Waals surface area contributed by atoms with Gasteiger partial charge in [0.15, 0.2) is 4.84 Å². The molecule has 13 heavy (non-hydrogen) atoms. The van der Waals surface area contributed by atoms with Crippen molar-refractivity contribution < 1.29 is 4.79 Å². The molecule has 0 fully saturated rings. The van der Waals surface area contributed by atoms with Gasteiger partial charge in [0.25, 0.3) is 5.91 Å². The summed E-state index contributed by atoms with van der Waals surface area (Å²) >= 11 is 16.4. The third kappa shape index (κ3) is 5.61. The fourth-order valence-electron chi connectivity index (χ4n) is 0.781. The van der Waals surface area contributed by atoms with E-state index in [0.29, 0.717) is 12.5 Å². The molecular weight excluding hydrogens is 232 g/mol. The molecule has 0 rings (SSSR count). The van der Waals surface area contributed by atoms with E-state index < -0.39 is 4.84 Å². The van der Waals surface area contributed by atoms with E-state index in [1.54, 1.807) is 0 Å². The average Bonchev–Trinajstić information content (AvgIpc) is 2.04. The fourth-order valence-corrected chi connectivity index (χ4v) is 1.29. The third-order valence-corrected chi connectivity index (χ3v) is 2.28. The molecule has 1 amide bonds. The second kappa shape index (κ2) is 6.74. The van der Waals surface area contributed by atoms with Gasteiger partial charge >= 0.3 is 0 Å². The normalized spacial score (nSPS) is 11.0. The molecule has 0 atom stereocenters. The van der Waals surface area contributed by atoms with E-state index >= 15 is 0 Å². The smallest absolute Gasteiger partial charge is 0.256 e. The summed E-state index contributed by atoms with van der Waals surface area (Å²) in [4.78, 5) is 11.7. The predicted molar refractivity (Wildman–Crippen MR) is 57.4 cm³/mol. The SMILES string of the molecule is CC(C)CCN(CCl)C(=O)C(Cl)Cl. The minimum Gasteiger partial charge on any atom is -0.327 e. The van der Waals surface area contributed by atoms with E-state index in [1.165, 1.54) is 4.90 Å². The molecule has 0 aliphatic carbocycles. The van der Waals surface area contributed by atoms with Crippen LogP contribution in [0.2, 0.25) is 0 Å². The molecule has 0 N–H and O–H groups in total. The van der Waals surface area contributed by atoms with Gasteiger partial charge in [0, 0.05) is 6.54 Å². The summed E-state index contributed by atoms with van der Waals surface area (Å²) in [5.74, 6) is 0.210. The topological polar surface area (TPSA) is 20.3 Å². The van der Waals surface area contributed by atoms with Crippen molar-refractivity contribution in [3.8, 4) is 0 Å². The van der Waals surface area contributed by atoms with Crippen molar-refractivity contribution >= 4 is 40.7 Å². The summed E-state index contributed by atoms with van der Waals surface area (Å²) < 4.78 is 0. The highest BCUT2D eigenvalue weighted by Crippen LogP contribution is 2.10. The van der Waals surface area contributed by atoms with Gasteiger partial charge in [-0.25, -0.2) is 0 Å². The maximum atomic E-state index is 11.3. The largest absolute Gasteiger partial charge is 0.327 e. The molecule has 0 saturated carbocycles. The Balaban J connectivity index is 3.95. The lowest BCUT2D eigenvalue weighted by molar-refractivity contribution is -0.128. The van der Waals surface area contributed by atoms with Crippen LogP contribution in [-0.4, -0.2) is 28.2 Å². The van der Waals surface area contributed by atoms with Gasteiger partial charge in [0.2, 0.25) is 0 Å². The van der Waals surface area contributed by atoms with Crippen LogP contribution in [0.5, 0.6) is 0 Å². The van der Waals surface area contributed by atoms with Crippen molar-refractivity contribution in [3.63, 3.8) is 0 Å². The van der Waals surface area contributed by atoms with Gasteiger partial charge < -0.3 is 4.90 Å². The molecule has 0 aliphatic heterocycles. The monoisotopic (exact) mass is 245 g/mol. The Kier molecular flexibility index (Phi) is 6.92. The first-order valence-corrected chi connectivity index (χ1v) is 5.52. The standard InChI is InChI=1S/C8H14Cl3NO/c1-6(2)3-4-12(5-9)8(13)7(10)11/h6-7H,3-5H2,1-2H3. The molecule has 0 radical (unpaired) electrons. The minimum atomic E-state index is -1.01. The maximum absolute atomic E-state index is 11.3. The van der Waals surface area contributed by atoms with E-state index in [-0.39, 0.29) is 11.9 Å². The first-order valence-electron chi connectivity index (χ1n) is 4.12. The Morgan fingerprint density at radius 2 is 1.92 bits per heavy atom. The van der Waals surface area contributed by atoms with Crippen molar-refractivity contribution in [2.75, 3.05) is 12.5 Å². The zero-order chi connectivity index (χ0) is 10.4. The molecule has 0 aromatic rings. The van der Waals surface area contributed by atoms with Gasteiger partial charge in [-0.05, 0) is 12.3 Å². The number of nitrogens with zero attached hydrogens (tertiary/aromatic N) is 1. The zero-order valence-corrected chi connectivity index (χ0v) is 10.0. The molecule has 2 nitrogen and oxygen atoms in total. The quantitative estimate of drug-likeness (QED) is 0.540. The fraction of sp³-hybridized carbons (Fsp3) is 0.875. The van der Waals surface area contributed by atoms with Gasteiger partial charge in [-0.15, -0.1) is 11.6 Å². The first kappa shape index (κ1) is 13.3. The number of carbonyl (C=O) groups is 1. The minimum absolute atomic E-state index is 0.140. The van der Waals surface area contributed by atoms with Crippen molar-refractivity contribution in [1.82, 2.24) is 4.90 Å². The van der Waals surface area contributed by atoms with Crippen LogP contribution in [-0.2, 0) is 4.79 Å². The van der Waals surface area contributed by atoms with E-state index in [4.69, 9.17) is 34.8 Å². The first-order chi connectivity index (χ1) is 5.99. The summed E-state index contributed by atoms with van der Waals surface area (Å²) in [6, 6.07) is 0.140. The number of amides is 1. The number of rotatable bonds is 5. The van der Waals surface area contributed by atoms with Gasteiger partial charge in [-0.3, -0.25) is 4.79 Å². The Bertz CT molecular complexity index is 161. The zero-order valence-electron chi connectivity index (χ0n) is 7.77. The summed E-state index contributed by atoms with van der Waals surface area (Å²) in [5, 5.41) is 0. The highest BCUT2D eigenvalue weighted by molar-refractivity contribution is 6.53. The molecule has 5 heteroatoms. The van der Waals surface area contributed by atoms with Crippen LogP contribution in [0.1, 0.15) is 20.3 Å². The van der Waals surface area contributed by atoms with E-state index in [0.717, 1.165) is 6.42 Å². The Morgan fingerprint density at radius 1 is 1.38 bits per heavy atom. The summed E-state index contributed by atoms with van der Waals surface area (Å²) in [7, 11) is 0. The summed E-state index contributed by atoms with van der Waals surface area (Å²) in [5.41, 5.74) is 0. The van der Waals surface area contributed by atoms with Crippen molar-refractivity contribution in [1.29, 1.82) is 0 Å². The molecule has 0 unspecified atom stereocenters. The maximum Gasteiger partial charge on any atom is 0.256 e. The Hall–Kier alpha value is 0.340. The molecule has 0 saturated heterocycles. The van der Waals surface area contributed by atoms with E-state index in [2.05, 4.69) is 13.8 Å². The molecule has 0 spiro atoms. The van der Waals surface area contributed by atoms with E-state index in [1.807, 2.05) is 0 Å². The lowest BCUT2D eigenvalue weighted by Gasteiger charge is -2.20. The van der Waals surface area contributed by atoms with Crippen LogP contribution in [0.15, 0.2) is 0 Å². The molecule has 0 aliphatic rings. The van der Waals surface area contributed by atoms with Gasteiger partial charge in [-0.1, -0.05) is 37.0 Å². The second-order valence-electron chi connectivity index (χ2n) is 3.20. The third-order valence-electron chi connectivity index (χ3n) is 1.62. The Labute approximate surface area is 94.1 Å². The summed E-state index contributed by atoms with van der Waals surface area (Å²) in [6.45, 7) is 4.77. The Morgan fingerprint density at radius 3 is 2.23 bits per heavy atom. The number of alkyl halides is 3. The van der Waals surface area contributed by atoms with Crippen molar-refractivity contribution in [3.05, 3.63) is 0 Å². The highest BCUT2D eigenvalue weighted by atomic mass is 35.5. The van der Waals surface area contributed by atoms with Gasteiger partial charge in [-0.2, -0.15) is 0 Å². The average molecular weight is 247 g/mol. The van der Waals surface area contributed by atoms with Crippen LogP contribution < -0.4 is 0 Å². The van der Waals surface area contributed by atoms with Crippen LogP contribution in [0.25, 0.3) is 0 Å². The van der Waals surface area contributed by atoms with E-state index in [9.17, 15) is 4.79 Å². The molecule has 0 heterocycles. The highest BCUT2D eigenvalue weighted by Gasteiger charge is 2.19. The van der Waals surface area contributed by atoms with Gasteiger partial charge in [0.1, 0.15) is 0 Å². The molecule has 0 bridgehead atoms. The lowest BCUT2D eigenvalue weighted by Crippen LogP contribution is -2.35. The van der Waals surface area contributed by atoms with Crippen LogP contribution in [0.3, 0.4) is 0 Å². The number of hydrogen-bond acceptors (Lipinski definition) is 1. The molecule has 0 aromatic heterocycles. The molecular formula is C8H14Cl3NO. The van der Waals surface area contributed by atoms with Crippen molar-refractivity contribution in [2.24, 2.45) is 5.92 Å². The number of carbonyl (C=O) groups excluding carboxylic acids is 1. The molecule has 0 aromatic carbocycles. The van der Waals surface area contributed by atoms with Crippen LogP contribution >= 0.6 is 34.8 Å². The number of hydrogen-bond donors (Lipinski definition) is 0. The van der Waals surface area contributed by atoms with Gasteiger partial charge in [0.05, 0.1) is 6.00 Å². The van der Waals surface area contributed by atoms with Crippen LogP contribution in [0.4, 0.5) is 0 Å². The summed E-state index contributed by atoms with van der Waals surface area (Å²) in [6.07, 6.45) is 0.902.